The molecule has 0 fully saturated rings. The molecule has 0 bridgehead atoms. The van der Waals surface area contributed by atoms with Gasteiger partial charge in [0.2, 0.25) is 0 Å². The topological polar surface area (TPSA) is 8.17 Å². The van der Waals surface area contributed by atoms with E-state index in [1.807, 2.05) is 0 Å². The van der Waals surface area contributed by atoms with Gasteiger partial charge in [0, 0.05) is 39.0 Å². The molecule has 55 heavy (non-hydrogen) atoms. The molecule has 1 aliphatic heterocycles. The summed E-state index contributed by atoms with van der Waals surface area (Å²) in [4.78, 5) is 2.49. The van der Waals surface area contributed by atoms with E-state index in [0.717, 1.165) is 25.7 Å². The summed E-state index contributed by atoms with van der Waals surface area (Å²) in [6.07, 6.45) is 13.6. The van der Waals surface area contributed by atoms with E-state index in [4.69, 9.17) is 0 Å². The molecular weight excluding hydrogens is 665 g/mol. The number of fused-ring (bicyclic) bond motifs is 7. The van der Waals surface area contributed by atoms with Crippen LogP contribution < -0.4 is 4.90 Å². The molecule has 11 rings (SSSR count). The number of nitrogens with zero attached hydrogens (tertiary/aromatic N) is 2. The van der Waals surface area contributed by atoms with Crippen LogP contribution in [0.5, 0.6) is 0 Å². The Morgan fingerprint density at radius 3 is 2.11 bits per heavy atom. The second-order valence-electron chi connectivity index (χ2n) is 16.0. The largest absolute Gasteiger partial charge is 0.314 e. The summed E-state index contributed by atoms with van der Waals surface area (Å²) in [7, 11) is 0. The van der Waals surface area contributed by atoms with Crippen molar-refractivity contribution in [3.8, 4) is 11.1 Å². The second-order valence-corrected chi connectivity index (χ2v) is 16.0. The zero-order valence-electron chi connectivity index (χ0n) is 31.4. The van der Waals surface area contributed by atoms with Crippen LogP contribution in [0.3, 0.4) is 0 Å². The Kier molecular flexibility index (Phi) is 7.19. The third kappa shape index (κ3) is 4.94. The first-order valence-electron chi connectivity index (χ1n) is 19.8. The van der Waals surface area contributed by atoms with Crippen LogP contribution in [0.2, 0.25) is 0 Å². The third-order valence-corrected chi connectivity index (χ3v) is 12.5. The number of benzene rings is 7. The highest BCUT2D eigenvalue weighted by molar-refractivity contribution is 6.15. The maximum Gasteiger partial charge on any atom is 0.0579 e. The predicted molar refractivity (Wildman–Crippen MR) is 235 cm³/mol. The van der Waals surface area contributed by atoms with Crippen molar-refractivity contribution in [3.63, 3.8) is 0 Å². The molecule has 3 aliphatic rings. The van der Waals surface area contributed by atoms with Gasteiger partial charge in [0.05, 0.1) is 11.0 Å². The molecule has 0 saturated heterocycles. The van der Waals surface area contributed by atoms with E-state index in [1.54, 1.807) is 0 Å². The lowest BCUT2D eigenvalue weighted by molar-refractivity contribution is 0.624. The van der Waals surface area contributed by atoms with E-state index < -0.39 is 0 Å². The highest BCUT2D eigenvalue weighted by atomic mass is 15.1. The number of hydrogen-bond acceptors (Lipinski definition) is 1. The predicted octanol–water partition coefficient (Wildman–Crippen LogP) is 14.5. The highest BCUT2D eigenvalue weighted by Crippen LogP contribution is 2.52. The molecule has 8 aromatic rings. The van der Waals surface area contributed by atoms with Gasteiger partial charge in [0.25, 0.3) is 0 Å². The number of allylic oxidation sites excluding steroid dienone is 8. The van der Waals surface area contributed by atoms with E-state index in [9.17, 15) is 0 Å². The average Bonchev–Trinajstić information content (AvgIpc) is 3.57. The van der Waals surface area contributed by atoms with Crippen molar-refractivity contribution in [1.29, 1.82) is 0 Å². The summed E-state index contributed by atoms with van der Waals surface area (Å²) in [5, 5.41) is 7.90. The standard InChI is InChI=1S/C53H42N2/c1-53(2)48-23-13-14-24-51(48)55-50-30-29-41(34-46(50)47-32-38(33-49(53)52(47)55)35-15-5-3-6-16-35)54(39-18-7-4-8-19-39)40-27-25-36(26-28-40)45-31-37-17-9-10-20-42(37)43-21-11-12-22-44(43)45/h3-13,15-23,25,27,29-34H,14,24,26,28H2,1-2H3. The Labute approximate surface area is 322 Å². The fourth-order valence-electron chi connectivity index (χ4n) is 9.84. The molecule has 7 aromatic carbocycles. The van der Waals surface area contributed by atoms with Gasteiger partial charge in [-0.1, -0.05) is 129 Å². The fourth-order valence-corrected chi connectivity index (χ4v) is 9.84. The van der Waals surface area contributed by atoms with Gasteiger partial charge >= 0.3 is 0 Å². The number of anilines is 2. The van der Waals surface area contributed by atoms with Crippen LogP contribution in [-0.4, -0.2) is 4.57 Å². The summed E-state index contributed by atoms with van der Waals surface area (Å²) >= 11 is 0. The van der Waals surface area contributed by atoms with Crippen molar-refractivity contribution in [3.05, 3.63) is 192 Å². The maximum atomic E-state index is 2.61. The van der Waals surface area contributed by atoms with Gasteiger partial charge in [0.15, 0.2) is 0 Å². The van der Waals surface area contributed by atoms with Crippen molar-refractivity contribution >= 4 is 66.0 Å². The molecule has 0 radical (unpaired) electrons. The number of rotatable bonds is 5. The minimum Gasteiger partial charge on any atom is -0.314 e. The van der Waals surface area contributed by atoms with Gasteiger partial charge in [-0.2, -0.15) is 0 Å². The molecule has 2 nitrogen and oxygen atoms in total. The lowest BCUT2D eigenvalue weighted by Gasteiger charge is -2.37. The lowest BCUT2D eigenvalue weighted by atomic mass is 9.72. The van der Waals surface area contributed by atoms with E-state index >= 15 is 0 Å². The zero-order chi connectivity index (χ0) is 36.7. The van der Waals surface area contributed by atoms with Crippen LogP contribution in [0.25, 0.3) is 65.7 Å². The van der Waals surface area contributed by atoms with Crippen molar-refractivity contribution in [2.75, 3.05) is 4.90 Å². The van der Waals surface area contributed by atoms with Crippen LogP contribution in [0.15, 0.2) is 181 Å². The van der Waals surface area contributed by atoms with Crippen molar-refractivity contribution < 1.29 is 0 Å². The van der Waals surface area contributed by atoms with Gasteiger partial charge in [0.1, 0.15) is 0 Å². The first-order valence-corrected chi connectivity index (χ1v) is 19.8. The maximum absolute atomic E-state index is 2.61. The zero-order valence-corrected chi connectivity index (χ0v) is 31.4. The van der Waals surface area contributed by atoms with Crippen LogP contribution in [0, 0.1) is 0 Å². The van der Waals surface area contributed by atoms with Gasteiger partial charge in [-0.3, -0.25) is 0 Å². The Bertz CT molecular complexity index is 2990. The lowest BCUT2D eigenvalue weighted by Crippen LogP contribution is -2.27. The molecule has 2 heterocycles. The van der Waals surface area contributed by atoms with Crippen LogP contribution >= 0.6 is 0 Å². The fraction of sp³-hybridized carbons (Fsp3) is 0.132. The van der Waals surface area contributed by atoms with Crippen molar-refractivity contribution in [2.45, 2.75) is 44.9 Å². The Morgan fingerprint density at radius 1 is 0.564 bits per heavy atom. The number of aromatic nitrogens is 1. The van der Waals surface area contributed by atoms with E-state index in [-0.39, 0.29) is 5.41 Å². The SMILES string of the molecule is CC1(C)C2=C(CCC=C2)n2c3ccc(N(C4=CC=C(c5cc6ccccc6c6ccccc56)CC4)c4ccccc4)cc3c3cc(-c4ccccc4)cc1c32. The Balaban J connectivity index is 1.11. The number of para-hydroxylation sites is 1. The average molecular weight is 707 g/mol. The first-order chi connectivity index (χ1) is 27.0. The van der Waals surface area contributed by atoms with Crippen LogP contribution in [-0.2, 0) is 5.41 Å². The summed E-state index contributed by atoms with van der Waals surface area (Å²) < 4.78 is 2.61. The Hall–Kier alpha value is -6.38. The minimum absolute atomic E-state index is 0.105. The Morgan fingerprint density at radius 2 is 1.31 bits per heavy atom. The molecule has 0 unspecified atom stereocenters. The molecule has 2 aliphatic carbocycles. The molecule has 1 aromatic heterocycles. The van der Waals surface area contributed by atoms with E-state index in [0.29, 0.717) is 0 Å². The smallest absolute Gasteiger partial charge is 0.0579 e. The quantitative estimate of drug-likeness (QED) is 0.162. The molecule has 0 atom stereocenters. The van der Waals surface area contributed by atoms with Gasteiger partial charge < -0.3 is 9.47 Å². The highest BCUT2D eigenvalue weighted by Gasteiger charge is 2.37. The van der Waals surface area contributed by atoms with E-state index in [2.05, 4.69) is 193 Å². The van der Waals surface area contributed by atoms with Crippen molar-refractivity contribution in [1.82, 2.24) is 4.57 Å². The summed E-state index contributed by atoms with van der Waals surface area (Å²) in [5.41, 5.74) is 15.8. The van der Waals surface area contributed by atoms with Gasteiger partial charge in [-0.25, -0.2) is 0 Å². The normalized spacial score (nSPS) is 16.1. The summed E-state index contributed by atoms with van der Waals surface area (Å²) in [6, 6.07) is 54.0. The second kappa shape index (κ2) is 12.3. The molecule has 264 valence electrons. The van der Waals surface area contributed by atoms with Gasteiger partial charge in [-0.05, 0) is 135 Å². The molecule has 0 N–H and O–H groups in total. The third-order valence-electron chi connectivity index (χ3n) is 12.5. The minimum atomic E-state index is -0.105. The molecule has 2 heteroatoms. The van der Waals surface area contributed by atoms with Crippen LogP contribution in [0.1, 0.15) is 50.7 Å². The summed E-state index contributed by atoms with van der Waals surface area (Å²) in [6.45, 7) is 4.84. The van der Waals surface area contributed by atoms with E-state index in [1.165, 1.54) is 99.5 Å². The molecule has 0 saturated carbocycles. The molecule has 0 spiro atoms. The number of hydrogen-bond donors (Lipinski definition) is 0. The van der Waals surface area contributed by atoms with Crippen LogP contribution in [0.4, 0.5) is 11.4 Å². The first kappa shape index (κ1) is 32.1. The summed E-state index contributed by atoms with van der Waals surface area (Å²) in [5.74, 6) is 0. The van der Waals surface area contributed by atoms with Crippen molar-refractivity contribution in [2.24, 2.45) is 0 Å². The molecule has 0 amide bonds. The van der Waals surface area contributed by atoms with Gasteiger partial charge in [-0.15, -0.1) is 0 Å². The molecular formula is C53H42N2. The monoisotopic (exact) mass is 706 g/mol.